The quantitative estimate of drug-likeness (QED) is 0.0538. The normalized spacial score (nSPS) is 15.9. The summed E-state index contributed by atoms with van der Waals surface area (Å²) < 4.78 is 26.9. The van der Waals surface area contributed by atoms with Crippen molar-refractivity contribution < 1.29 is 28.8 Å². The molecule has 240 valence electrons. The molecule has 2 aromatic carbocycles. The summed E-state index contributed by atoms with van der Waals surface area (Å²) in [5.74, 6) is -0.922. The number of unbranched alkanes of at least 4 members (excludes halogenated alkanes) is 1. The van der Waals surface area contributed by atoms with Crippen LogP contribution < -0.4 is 4.72 Å². The van der Waals surface area contributed by atoms with Gasteiger partial charge < -0.3 is 33.7 Å². The van der Waals surface area contributed by atoms with Crippen LogP contribution in [0, 0.1) is 13.8 Å². The highest BCUT2D eigenvalue weighted by Crippen LogP contribution is 2.34. The van der Waals surface area contributed by atoms with E-state index in [9.17, 15) is 19.6 Å². The number of nitrogens with one attached hydrogen (secondary N) is 1. The molecule has 10 nitrogen and oxygen atoms in total. The van der Waals surface area contributed by atoms with Crippen LogP contribution in [0.2, 0.25) is 0 Å². The van der Waals surface area contributed by atoms with Gasteiger partial charge in [-0.15, -0.1) is 0 Å². The van der Waals surface area contributed by atoms with Gasteiger partial charge in [0.1, 0.15) is 34.8 Å². The van der Waals surface area contributed by atoms with Crippen molar-refractivity contribution in [3.63, 3.8) is 0 Å². The summed E-state index contributed by atoms with van der Waals surface area (Å²) in [6.45, 7) is 6.02. The Bertz CT molecular complexity index is 1470. The van der Waals surface area contributed by atoms with E-state index in [-0.39, 0.29) is 6.61 Å². The Morgan fingerprint density at radius 1 is 1.22 bits per heavy atom. The number of aliphatic imine (C=N–C) groups is 1. The van der Waals surface area contributed by atoms with Gasteiger partial charge in [-0.05, 0) is 61.9 Å². The van der Waals surface area contributed by atoms with Gasteiger partial charge in [0.2, 0.25) is 11.7 Å². The summed E-state index contributed by atoms with van der Waals surface area (Å²) >= 11 is -1.69. The molecule has 1 heterocycles. The molecule has 3 aromatic rings. The average molecular weight is 635 g/mol. The van der Waals surface area contributed by atoms with Crippen molar-refractivity contribution in [2.45, 2.75) is 102 Å². The first-order valence-electron chi connectivity index (χ1n) is 15.4. The maximum absolute atomic E-state index is 13.5. The number of ether oxygens (including phenoxy) is 1. The number of aryl methyl sites for hydroxylation is 1. The first-order chi connectivity index (χ1) is 21.4. The minimum atomic E-state index is -2.83. The van der Waals surface area contributed by atoms with Crippen molar-refractivity contribution in [2.75, 3.05) is 11.8 Å². The molecule has 1 aliphatic carbocycles. The fourth-order valence-electron chi connectivity index (χ4n) is 5.53. The predicted octanol–water partition coefficient (Wildman–Crippen LogP) is 5.30. The van der Waals surface area contributed by atoms with Gasteiger partial charge in [0, 0.05) is 31.1 Å². The topological polar surface area (TPSA) is 143 Å². The molecule has 1 aliphatic rings. The molecule has 45 heavy (non-hydrogen) atoms. The van der Waals surface area contributed by atoms with Crippen LogP contribution in [0.25, 0.3) is 11.1 Å². The van der Waals surface area contributed by atoms with Crippen molar-refractivity contribution in [3.8, 4) is 11.1 Å². The van der Waals surface area contributed by atoms with E-state index < -0.39 is 22.8 Å². The summed E-state index contributed by atoms with van der Waals surface area (Å²) in [6.07, 6.45) is 8.41. The third kappa shape index (κ3) is 9.20. The number of nitrogens with zero attached hydrogens (tertiary/aromatic N) is 3. The third-order valence-corrected chi connectivity index (χ3v) is 9.37. The lowest BCUT2D eigenvalue weighted by molar-refractivity contribution is -0.280. The van der Waals surface area contributed by atoms with Crippen molar-refractivity contribution in [1.82, 2.24) is 10.1 Å². The summed E-state index contributed by atoms with van der Waals surface area (Å²) in [5, 5.41) is 23.4. The average Bonchev–Trinajstić information content (AvgIpc) is 3.34. The summed E-state index contributed by atoms with van der Waals surface area (Å²) in [7, 11) is 7.31. The van der Waals surface area contributed by atoms with Crippen molar-refractivity contribution in [3.05, 3.63) is 64.9 Å². The zero-order valence-corrected chi connectivity index (χ0v) is 27.4. The van der Waals surface area contributed by atoms with Crippen molar-refractivity contribution >= 4 is 37.1 Å². The van der Waals surface area contributed by atoms with Crippen LogP contribution in [-0.4, -0.2) is 63.2 Å². The Labute approximate surface area is 270 Å². The van der Waals surface area contributed by atoms with Crippen molar-refractivity contribution in [2.24, 2.45) is 4.99 Å². The molecule has 4 rings (SSSR count). The second-order valence-electron chi connectivity index (χ2n) is 11.8. The smallest absolute Gasteiger partial charge is 0.217 e. The van der Waals surface area contributed by atoms with Crippen LogP contribution in [0.15, 0.2) is 56.9 Å². The van der Waals surface area contributed by atoms with Gasteiger partial charge in [-0.25, -0.2) is 0 Å². The molecule has 0 bridgehead atoms. The zero-order chi connectivity index (χ0) is 32.6. The Morgan fingerprint density at radius 2 is 1.96 bits per heavy atom. The SMILES string of the molecule is [B]C(O)(O)OCc1cc(CN(C)C(CCCC)=NC2(C=O)CCCCC2)ccc1-c1ccccc1[S+]([O-])Nc1noc(C)c1C. The maximum atomic E-state index is 13.5. The van der Waals surface area contributed by atoms with Gasteiger partial charge >= 0.3 is 0 Å². The van der Waals surface area contributed by atoms with E-state index in [4.69, 9.17) is 22.1 Å². The Kier molecular flexibility index (Phi) is 11.9. The fraction of sp³-hybridized carbons (Fsp3) is 0.485. The van der Waals surface area contributed by atoms with Crippen LogP contribution in [0.1, 0.15) is 80.7 Å². The number of benzene rings is 2. The molecular formula is C33H43BN4O6S. The predicted molar refractivity (Wildman–Crippen MR) is 176 cm³/mol. The number of aromatic nitrogens is 1. The molecule has 2 radical (unpaired) electrons. The summed E-state index contributed by atoms with van der Waals surface area (Å²) in [4.78, 5) is 19.9. The molecule has 3 N–H and O–H groups in total. The van der Waals surface area contributed by atoms with Gasteiger partial charge in [0.15, 0.2) is 12.7 Å². The third-order valence-electron chi connectivity index (χ3n) is 8.24. The summed E-state index contributed by atoms with van der Waals surface area (Å²) in [6, 6.07) is 13.0. The number of rotatable bonds is 14. The number of hydrogen-bond donors (Lipinski definition) is 3. The molecule has 0 amide bonds. The molecule has 1 unspecified atom stereocenters. The number of amidine groups is 1. The van der Waals surface area contributed by atoms with Gasteiger partial charge in [-0.1, -0.05) is 68.1 Å². The Morgan fingerprint density at radius 3 is 2.60 bits per heavy atom. The largest absolute Gasteiger partial charge is 0.588 e. The van der Waals surface area contributed by atoms with Crippen LogP contribution >= 0.6 is 0 Å². The minimum absolute atomic E-state index is 0.225. The fourth-order valence-corrected chi connectivity index (χ4v) is 6.58. The molecule has 1 fully saturated rings. The Hall–Kier alpha value is -3.16. The number of anilines is 1. The van der Waals surface area contributed by atoms with Crippen LogP contribution in [-0.2, 0) is 34.0 Å². The first kappa shape index (κ1) is 34.7. The zero-order valence-electron chi connectivity index (χ0n) is 26.5. The van der Waals surface area contributed by atoms with E-state index in [2.05, 4.69) is 21.7 Å². The lowest BCUT2D eigenvalue weighted by atomic mass is 9.83. The first-order valence-corrected chi connectivity index (χ1v) is 16.6. The van der Waals surface area contributed by atoms with Crippen LogP contribution in [0.4, 0.5) is 5.82 Å². The molecule has 0 spiro atoms. The second kappa shape index (κ2) is 15.4. The highest BCUT2D eigenvalue weighted by Gasteiger charge is 2.32. The highest BCUT2D eigenvalue weighted by atomic mass is 32.2. The van der Waals surface area contributed by atoms with E-state index in [0.717, 1.165) is 74.6 Å². The van der Waals surface area contributed by atoms with Gasteiger partial charge in [-0.2, -0.15) is 4.72 Å². The molecule has 1 aromatic heterocycles. The van der Waals surface area contributed by atoms with Crippen LogP contribution in [0.5, 0.6) is 0 Å². The van der Waals surface area contributed by atoms with Gasteiger partial charge in [-0.3, -0.25) is 4.99 Å². The van der Waals surface area contributed by atoms with E-state index in [1.54, 1.807) is 19.1 Å². The molecular weight excluding hydrogens is 591 g/mol. The number of aldehydes is 1. The highest BCUT2D eigenvalue weighted by molar-refractivity contribution is 7.92. The molecule has 1 atom stereocenters. The van der Waals surface area contributed by atoms with Gasteiger partial charge in [0.25, 0.3) is 0 Å². The maximum Gasteiger partial charge on any atom is 0.217 e. The Balaban J connectivity index is 1.67. The van der Waals surface area contributed by atoms with E-state index in [1.807, 2.05) is 44.3 Å². The molecule has 1 saturated carbocycles. The van der Waals surface area contributed by atoms with E-state index >= 15 is 0 Å². The second-order valence-corrected chi connectivity index (χ2v) is 13.0. The minimum Gasteiger partial charge on any atom is -0.588 e. The summed E-state index contributed by atoms with van der Waals surface area (Å²) in [5.41, 5.74) is 2.97. The van der Waals surface area contributed by atoms with Crippen molar-refractivity contribution in [1.29, 1.82) is 0 Å². The number of aliphatic hydroxyl groups is 2. The van der Waals surface area contributed by atoms with E-state index in [1.165, 1.54) is 0 Å². The number of hydrogen-bond acceptors (Lipinski definition) is 9. The lowest BCUT2D eigenvalue weighted by Crippen LogP contribution is -2.36. The molecule has 0 aliphatic heterocycles. The standard InChI is InChI=1S/C33H43BN4O6S/c1-5-6-14-30(35-32(22-39)17-10-7-11-18-32)38(4)20-25-15-16-27(26(19-25)21-43-33(34,40)41)28-12-8-9-13-29(28)45(42)37-31-23(2)24(3)44-36-31/h8-9,12-13,15-16,19,22,40-41H,5-7,10-11,14,17-18,20-21H2,1-4H3,(H,36,37). The molecule has 12 heteroatoms. The molecule has 0 saturated heterocycles. The lowest BCUT2D eigenvalue weighted by Gasteiger charge is -2.31. The monoisotopic (exact) mass is 634 g/mol. The van der Waals surface area contributed by atoms with E-state index in [0.29, 0.717) is 39.7 Å². The number of carbonyl (C=O) groups excluding carboxylic acids is 1. The van der Waals surface area contributed by atoms with Gasteiger partial charge in [0.05, 0.1) is 6.61 Å². The van der Waals surface area contributed by atoms with Crippen LogP contribution in [0.3, 0.4) is 0 Å². The number of carbonyl (C=O) groups is 1.